The van der Waals surface area contributed by atoms with Crippen molar-refractivity contribution in [1.82, 2.24) is 24.9 Å². The van der Waals surface area contributed by atoms with Crippen molar-refractivity contribution >= 4 is 22.5 Å². The summed E-state index contributed by atoms with van der Waals surface area (Å²) in [5.41, 5.74) is 1.39. The summed E-state index contributed by atoms with van der Waals surface area (Å²) in [7, 11) is 0. The highest BCUT2D eigenvalue weighted by molar-refractivity contribution is 7.09. The third-order valence-electron chi connectivity index (χ3n) is 1.96. The number of ether oxygens (including phenoxy) is 1. The molecule has 0 aliphatic carbocycles. The summed E-state index contributed by atoms with van der Waals surface area (Å²) >= 11 is 1.53. The number of hydrogen-bond acceptors (Lipinski definition) is 6. The van der Waals surface area contributed by atoms with E-state index in [0.29, 0.717) is 18.3 Å². The number of H-pyrrole nitrogens is 1. The maximum absolute atomic E-state index is 5.40. The molecule has 6 nitrogen and oxygen atoms in total. The summed E-state index contributed by atoms with van der Waals surface area (Å²) in [6.07, 6.45) is 4.96. The molecule has 0 aliphatic heterocycles. The van der Waals surface area contributed by atoms with Crippen molar-refractivity contribution in [2.24, 2.45) is 0 Å². The minimum Gasteiger partial charge on any atom is -0.456 e. The van der Waals surface area contributed by atoms with Crippen LogP contribution in [-0.4, -0.2) is 24.9 Å². The molecule has 0 atom stereocenters. The van der Waals surface area contributed by atoms with E-state index in [9.17, 15) is 0 Å². The number of imidazole rings is 1. The van der Waals surface area contributed by atoms with Gasteiger partial charge in [-0.15, -0.1) is 11.3 Å². The van der Waals surface area contributed by atoms with Gasteiger partial charge in [-0.2, -0.15) is 4.98 Å². The first-order chi connectivity index (χ1) is 7.92. The number of hydrogen-bond donors (Lipinski definition) is 1. The maximum atomic E-state index is 5.40. The van der Waals surface area contributed by atoms with Gasteiger partial charge in [0.2, 0.25) is 0 Å². The quantitative estimate of drug-likeness (QED) is 0.739. The fourth-order valence-corrected chi connectivity index (χ4v) is 1.77. The predicted molar refractivity (Wildman–Crippen MR) is 58.1 cm³/mol. The summed E-state index contributed by atoms with van der Waals surface area (Å²) in [5, 5.41) is 2.79. The average molecular weight is 233 g/mol. The van der Waals surface area contributed by atoms with Gasteiger partial charge < -0.3 is 9.72 Å². The molecule has 0 unspecified atom stereocenters. The summed E-state index contributed by atoms with van der Waals surface area (Å²) in [6, 6.07) is 0.315. The van der Waals surface area contributed by atoms with Gasteiger partial charge in [0.15, 0.2) is 5.65 Å². The molecule has 3 aromatic heterocycles. The van der Waals surface area contributed by atoms with Gasteiger partial charge in [-0.05, 0) is 0 Å². The second kappa shape index (κ2) is 3.86. The molecule has 0 aromatic carbocycles. The number of nitrogens with one attached hydrogen (secondary N) is 1. The largest absolute Gasteiger partial charge is 0.456 e. The van der Waals surface area contributed by atoms with E-state index in [0.717, 1.165) is 10.5 Å². The van der Waals surface area contributed by atoms with Crippen LogP contribution in [-0.2, 0) is 6.61 Å². The van der Waals surface area contributed by atoms with E-state index in [4.69, 9.17) is 4.74 Å². The minimum absolute atomic E-state index is 0.315. The molecule has 3 rings (SSSR count). The van der Waals surface area contributed by atoms with E-state index in [1.807, 2.05) is 5.38 Å². The summed E-state index contributed by atoms with van der Waals surface area (Å²) in [4.78, 5) is 19.2. The third-order valence-corrected chi connectivity index (χ3v) is 2.71. The molecule has 3 heterocycles. The molecule has 7 heteroatoms. The van der Waals surface area contributed by atoms with Gasteiger partial charge in [0, 0.05) is 11.6 Å². The Morgan fingerprint density at radius 2 is 2.31 bits per heavy atom. The monoisotopic (exact) mass is 233 g/mol. The molecule has 0 amide bonds. The lowest BCUT2D eigenvalue weighted by molar-refractivity contribution is 0.281. The van der Waals surface area contributed by atoms with Crippen molar-refractivity contribution < 1.29 is 4.74 Å². The standard InChI is InChI=1S/C9H7N5OS/c1-2-16-7(10-1)4-15-9-11-3-6-8(14-9)13-5-12-6/h1-3,5H,4H2,(H,11,12,13,14). The number of nitrogens with zero attached hydrogens (tertiary/aromatic N) is 4. The molecule has 0 saturated heterocycles. The van der Waals surface area contributed by atoms with E-state index in [2.05, 4.69) is 24.9 Å². The normalized spacial score (nSPS) is 10.8. The SMILES string of the molecule is c1csc(COc2ncc3[nH]cnc3n2)n1. The molecule has 0 radical (unpaired) electrons. The van der Waals surface area contributed by atoms with E-state index < -0.39 is 0 Å². The topological polar surface area (TPSA) is 76.6 Å². The molecule has 0 aliphatic rings. The van der Waals surface area contributed by atoms with Gasteiger partial charge in [-0.25, -0.2) is 15.0 Å². The van der Waals surface area contributed by atoms with Gasteiger partial charge >= 0.3 is 6.01 Å². The van der Waals surface area contributed by atoms with E-state index >= 15 is 0 Å². The zero-order valence-corrected chi connectivity index (χ0v) is 8.94. The zero-order valence-electron chi connectivity index (χ0n) is 8.12. The Balaban J connectivity index is 1.78. The summed E-state index contributed by atoms with van der Waals surface area (Å²) < 4.78 is 5.40. The Morgan fingerprint density at radius 1 is 1.31 bits per heavy atom. The van der Waals surface area contributed by atoms with Crippen molar-refractivity contribution in [3.63, 3.8) is 0 Å². The molecule has 16 heavy (non-hydrogen) atoms. The fourth-order valence-electron chi connectivity index (χ4n) is 1.24. The van der Waals surface area contributed by atoms with Gasteiger partial charge in [-0.3, -0.25) is 0 Å². The lowest BCUT2D eigenvalue weighted by Gasteiger charge is -2.00. The number of thiazole rings is 1. The van der Waals surface area contributed by atoms with Crippen molar-refractivity contribution in [3.8, 4) is 6.01 Å². The molecule has 0 saturated carbocycles. The third kappa shape index (κ3) is 1.72. The molecule has 0 fully saturated rings. The second-order valence-corrected chi connectivity index (χ2v) is 3.99. The summed E-state index contributed by atoms with van der Waals surface area (Å²) in [6.45, 7) is 0.383. The molecular formula is C9H7N5OS. The lowest BCUT2D eigenvalue weighted by atomic mass is 10.6. The van der Waals surface area contributed by atoms with Crippen LogP contribution in [0.3, 0.4) is 0 Å². The van der Waals surface area contributed by atoms with Crippen LogP contribution in [0.15, 0.2) is 24.1 Å². The number of aromatic nitrogens is 5. The lowest BCUT2D eigenvalue weighted by Crippen LogP contribution is -1.98. The second-order valence-electron chi connectivity index (χ2n) is 3.01. The Kier molecular flexibility index (Phi) is 2.22. The molecule has 3 aromatic rings. The van der Waals surface area contributed by atoms with Gasteiger partial charge in [-0.1, -0.05) is 0 Å². The number of fused-ring (bicyclic) bond motifs is 1. The van der Waals surface area contributed by atoms with Crippen molar-refractivity contribution in [2.45, 2.75) is 6.61 Å². The van der Waals surface area contributed by atoms with E-state index in [1.54, 1.807) is 18.7 Å². The van der Waals surface area contributed by atoms with Crippen LogP contribution in [0.25, 0.3) is 11.2 Å². The van der Waals surface area contributed by atoms with Crippen LogP contribution >= 0.6 is 11.3 Å². The minimum atomic E-state index is 0.315. The van der Waals surface area contributed by atoms with E-state index in [-0.39, 0.29) is 0 Å². The smallest absolute Gasteiger partial charge is 0.318 e. The van der Waals surface area contributed by atoms with Crippen LogP contribution in [0.1, 0.15) is 5.01 Å². The van der Waals surface area contributed by atoms with Crippen LogP contribution in [0.4, 0.5) is 0 Å². The first kappa shape index (κ1) is 9.22. The molecule has 1 N–H and O–H groups in total. The number of rotatable bonds is 3. The zero-order chi connectivity index (χ0) is 10.8. The molecule has 80 valence electrons. The van der Waals surface area contributed by atoms with Crippen LogP contribution in [0.2, 0.25) is 0 Å². The first-order valence-electron chi connectivity index (χ1n) is 4.59. The fraction of sp³-hybridized carbons (Fsp3) is 0.111. The van der Waals surface area contributed by atoms with Crippen molar-refractivity contribution in [3.05, 3.63) is 29.1 Å². The predicted octanol–water partition coefficient (Wildman–Crippen LogP) is 1.39. The first-order valence-corrected chi connectivity index (χ1v) is 5.47. The number of aromatic amines is 1. The molecule has 0 spiro atoms. The average Bonchev–Trinajstić information content (AvgIpc) is 2.97. The van der Waals surface area contributed by atoms with Crippen molar-refractivity contribution in [1.29, 1.82) is 0 Å². The van der Waals surface area contributed by atoms with Gasteiger partial charge in [0.1, 0.15) is 17.1 Å². The summed E-state index contributed by atoms with van der Waals surface area (Å²) in [5.74, 6) is 0. The van der Waals surface area contributed by atoms with Gasteiger partial charge in [0.05, 0.1) is 12.5 Å². The highest BCUT2D eigenvalue weighted by Gasteiger charge is 2.03. The Bertz CT molecular complexity index is 591. The van der Waals surface area contributed by atoms with Crippen LogP contribution < -0.4 is 4.74 Å². The molecular weight excluding hydrogens is 226 g/mol. The Labute approximate surface area is 94.4 Å². The van der Waals surface area contributed by atoms with Crippen LogP contribution in [0, 0.1) is 0 Å². The highest BCUT2D eigenvalue weighted by atomic mass is 32.1. The highest BCUT2D eigenvalue weighted by Crippen LogP contribution is 2.11. The molecule has 0 bridgehead atoms. The Morgan fingerprint density at radius 3 is 3.19 bits per heavy atom. The van der Waals surface area contributed by atoms with Crippen molar-refractivity contribution in [2.75, 3.05) is 0 Å². The van der Waals surface area contributed by atoms with Crippen LogP contribution in [0.5, 0.6) is 6.01 Å². The maximum Gasteiger partial charge on any atom is 0.318 e. The van der Waals surface area contributed by atoms with Gasteiger partial charge in [0.25, 0.3) is 0 Å². The van der Waals surface area contributed by atoms with E-state index in [1.165, 1.54) is 11.3 Å². The Hall–Kier alpha value is -2.02.